The Morgan fingerprint density at radius 3 is 2.92 bits per heavy atom. The van der Waals surface area contributed by atoms with Crippen molar-refractivity contribution in [1.82, 2.24) is 14.8 Å². The Hall–Kier alpha value is -0.640. The van der Waals surface area contributed by atoms with Gasteiger partial charge in [0.1, 0.15) is 5.82 Å². The normalized spacial score (nSPS) is 17.8. The predicted molar refractivity (Wildman–Crippen MR) is 49.7 cm³/mol. The van der Waals surface area contributed by atoms with E-state index < -0.39 is 0 Å². The molecule has 1 aliphatic carbocycles. The molecule has 1 saturated carbocycles. The van der Waals surface area contributed by atoms with Crippen molar-refractivity contribution >= 4 is 12.2 Å². The lowest BCUT2D eigenvalue weighted by atomic mass is 9.85. The lowest BCUT2D eigenvalue weighted by Crippen LogP contribution is -2.15. The van der Waals surface area contributed by atoms with Crippen molar-refractivity contribution in [3.05, 3.63) is 10.6 Å². The third-order valence-corrected chi connectivity index (χ3v) is 2.89. The summed E-state index contributed by atoms with van der Waals surface area (Å²) in [5, 5.41) is 7.11. The van der Waals surface area contributed by atoms with Gasteiger partial charge in [0.05, 0.1) is 0 Å². The lowest BCUT2D eigenvalue weighted by Gasteiger charge is -2.24. The SMILES string of the molecule is CCn1c(C2CCC2)n[nH]c1=S. The summed E-state index contributed by atoms with van der Waals surface area (Å²) in [6, 6.07) is 0. The number of aromatic nitrogens is 3. The van der Waals surface area contributed by atoms with Gasteiger partial charge in [-0.05, 0) is 32.0 Å². The molecular formula is C8H13N3S. The molecule has 1 N–H and O–H groups in total. The topological polar surface area (TPSA) is 33.6 Å². The summed E-state index contributed by atoms with van der Waals surface area (Å²) in [5.41, 5.74) is 0. The number of aromatic amines is 1. The van der Waals surface area contributed by atoms with Crippen molar-refractivity contribution in [3.63, 3.8) is 0 Å². The summed E-state index contributed by atoms with van der Waals surface area (Å²) in [4.78, 5) is 0. The van der Waals surface area contributed by atoms with Crippen LogP contribution in [0.2, 0.25) is 0 Å². The second-order valence-electron chi connectivity index (χ2n) is 3.26. The summed E-state index contributed by atoms with van der Waals surface area (Å²) in [6.45, 7) is 3.04. The fourth-order valence-electron chi connectivity index (χ4n) is 1.61. The van der Waals surface area contributed by atoms with Crippen LogP contribution in [0, 0.1) is 4.77 Å². The summed E-state index contributed by atoms with van der Waals surface area (Å²) < 4.78 is 2.86. The highest BCUT2D eigenvalue weighted by Crippen LogP contribution is 2.34. The second-order valence-corrected chi connectivity index (χ2v) is 3.65. The molecule has 0 aliphatic heterocycles. The summed E-state index contributed by atoms with van der Waals surface area (Å²) in [5.74, 6) is 1.83. The number of hydrogen-bond acceptors (Lipinski definition) is 2. The maximum Gasteiger partial charge on any atom is 0.195 e. The largest absolute Gasteiger partial charge is 0.304 e. The van der Waals surface area contributed by atoms with Gasteiger partial charge < -0.3 is 4.57 Å². The molecule has 1 aromatic heterocycles. The molecule has 0 aromatic carbocycles. The zero-order chi connectivity index (χ0) is 8.55. The average Bonchev–Trinajstić information content (AvgIpc) is 2.29. The Balaban J connectivity index is 2.35. The minimum Gasteiger partial charge on any atom is -0.304 e. The van der Waals surface area contributed by atoms with Crippen molar-refractivity contribution in [1.29, 1.82) is 0 Å². The molecule has 4 heteroatoms. The average molecular weight is 183 g/mol. The first-order valence-electron chi connectivity index (χ1n) is 4.48. The fourth-order valence-corrected chi connectivity index (χ4v) is 1.88. The maximum absolute atomic E-state index is 5.11. The first-order valence-corrected chi connectivity index (χ1v) is 4.89. The Bertz CT molecular complexity index is 321. The van der Waals surface area contributed by atoms with Crippen LogP contribution < -0.4 is 0 Å². The number of rotatable bonds is 2. The van der Waals surface area contributed by atoms with Crippen LogP contribution in [-0.2, 0) is 6.54 Å². The van der Waals surface area contributed by atoms with Crippen molar-refractivity contribution in [3.8, 4) is 0 Å². The summed E-state index contributed by atoms with van der Waals surface area (Å²) in [7, 11) is 0. The first kappa shape index (κ1) is 7.98. The van der Waals surface area contributed by atoms with Gasteiger partial charge in [0.25, 0.3) is 0 Å². The molecule has 3 nitrogen and oxygen atoms in total. The molecule has 12 heavy (non-hydrogen) atoms. The minimum absolute atomic E-state index is 0.665. The van der Waals surface area contributed by atoms with Crippen molar-refractivity contribution in [2.75, 3.05) is 0 Å². The zero-order valence-corrected chi connectivity index (χ0v) is 8.02. The van der Waals surface area contributed by atoms with E-state index in [-0.39, 0.29) is 0 Å². The summed E-state index contributed by atoms with van der Waals surface area (Å²) >= 11 is 5.11. The van der Waals surface area contributed by atoms with Gasteiger partial charge in [-0.3, -0.25) is 5.10 Å². The maximum atomic E-state index is 5.11. The van der Waals surface area contributed by atoms with E-state index in [0.29, 0.717) is 5.92 Å². The Labute approximate surface area is 76.8 Å². The molecule has 0 unspecified atom stereocenters. The van der Waals surface area contributed by atoms with Crippen LogP contribution in [0.3, 0.4) is 0 Å². The molecule has 0 amide bonds. The van der Waals surface area contributed by atoms with Crippen LogP contribution in [0.15, 0.2) is 0 Å². The van der Waals surface area contributed by atoms with E-state index in [1.807, 2.05) is 0 Å². The molecule has 0 spiro atoms. The van der Waals surface area contributed by atoms with Crippen LogP contribution in [0.25, 0.3) is 0 Å². The highest BCUT2D eigenvalue weighted by molar-refractivity contribution is 7.71. The summed E-state index contributed by atoms with van der Waals surface area (Å²) in [6.07, 6.45) is 3.90. The highest BCUT2D eigenvalue weighted by atomic mass is 32.1. The molecule has 66 valence electrons. The van der Waals surface area contributed by atoms with E-state index in [1.165, 1.54) is 19.3 Å². The van der Waals surface area contributed by atoms with Gasteiger partial charge in [-0.15, -0.1) is 0 Å². The monoisotopic (exact) mass is 183 g/mol. The molecule has 2 rings (SSSR count). The number of nitrogens with zero attached hydrogens (tertiary/aromatic N) is 2. The highest BCUT2D eigenvalue weighted by Gasteiger charge is 2.24. The van der Waals surface area contributed by atoms with Crippen molar-refractivity contribution in [2.24, 2.45) is 0 Å². The zero-order valence-electron chi connectivity index (χ0n) is 7.21. The van der Waals surface area contributed by atoms with E-state index >= 15 is 0 Å². The van der Waals surface area contributed by atoms with Crippen LogP contribution in [0.1, 0.15) is 37.9 Å². The van der Waals surface area contributed by atoms with Gasteiger partial charge in [-0.25, -0.2) is 0 Å². The van der Waals surface area contributed by atoms with Crippen LogP contribution in [-0.4, -0.2) is 14.8 Å². The van der Waals surface area contributed by atoms with E-state index in [2.05, 4.69) is 21.7 Å². The molecule has 0 saturated heterocycles. The van der Waals surface area contributed by atoms with E-state index in [0.717, 1.165) is 17.1 Å². The quantitative estimate of drug-likeness (QED) is 0.713. The van der Waals surface area contributed by atoms with Gasteiger partial charge in [-0.1, -0.05) is 6.42 Å². The van der Waals surface area contributed by atoms with Gasteiger partial charge in [-0.2, -0.15) is 5.10 Å². The standard InChI is InChI=1S/C8H13N3S/c1-2-11-7(6-4-3-5-6)9-10-8(11)12/h6H,2-5H2,1H3,(H,10,12). The van der Waals surface area contributed by atoms with E-state index in [1.54, 1.807) is 0 Å². The number of nitrogens with one attached hydrogen (secondary N) is 1. The second kappa shape index (κ2) is 3.01. The predicted octanol–water partition coefficient (Wildman–Crippen LogP) is 2.23. The Morgan fingerprint density at radius 1 is 1.67 bits per heavy atom. The van der Waals surface area contributed by atoms with E-state index in [9.17, 15) is 0 Å². The fraction of sp³-hybridized carbons (Fsp3) is 0.750. The van der Waals surface area contributed by atoms with E-state index in [4.69, 9.17) is 12.2 Å². The lowest BCUT2D eigenvalue weighted by molar-refractivity contribution is 0.387. The van der Waals surface area contributed by atoms with Crippen LogP contribution in [0.4, 0.5) is 0 Å². The van der Waals surface area contributed by atoms with Crippen molar-refractivity contribution < 1.29 is 0 Å². The first-order chi connectivity index (χ1) is 5.83. The Morgan fingerprint density at radius 2 is 2.42 bits per heavy atom. The number of H-pyrrole nitrogens is 1. The minimum atomic E-state index is 0.665. The third-order valence-electron chi connectivity index (χ3n) is 2.57. The smallest absolute Gasteiger partial charge is 0.195 e. The van der Waals surface area contributed by atoms with Gasteiger partial charge in [0, 0.05) is 12.5 Å². The Kier molecular flexibility index (Phi) is 2.00. The van der Waals surface area contributed by atoms with Gasteiger partial charge in [0.2, 0.25) is 0 Å². The van der Waals surface area contributed by atoms with Gasteiger partial charge >= 0.3 is 0 Å². The molecule has 1 fully saturated rings. The van der Waals surface area contributed by atoms with Gasteiger partial charge in [0.15, 0.2) is 4.77 Å². The molecule has 1 aromatic rings. The molecule has 1 aliphatic rings. The molecular weight excluding hydrogens is 170 g/mol. The van der Waals surface area contributed by atoms with Crippen LogP contribution in [0.5, 0.6) is 0 Å². The van der Waals surface area contributed by atoms with Crippen molar-refractivity contribution in [2.45, 2.75) is 38.6 Å². The molecule has 1 heterocycles. The molecule has 0 bridgehead atoms. The third kappa shape index (κ3) is 1.10. The number of hydrogen-bond donors (Lipinski definition) is 1. The molecule has 0 atom stereocenters. The molecule has 0 radical (unpaired) electrons. The van der Waals surface area contributed by atoms with Crippen LogP contribution >= 0.6 is 12.2 Å².